The predicted molar refractivity (Wildman–Crippen MR) is 61.5 cm³/mol. The third kappa shape index (κ3) is 2.61. The summed E-state index contributed by atoms with van der Waals surface area (Å²) < 4.78 is 5.06. The summed E-state index contributed by atoms with van der Waals surface area (Å²) in [4.78, 5) is 24.6. The molecule has 0 saturated carbocycles. The third-order valence-corrected chi connectivity index (χ3v) is 3.17. The van der Waals surface area contributed by atoms with Gasteiger partial charge < -0.3 is 15.1 Å². The molecule has 0 atom stereocenters. The number of halogens is 1. The predicted octanol–water partition coefficient (Wildman–Crippen LogP) is 1.27. The quantitative estimate of drug-likeness (QED) is 0.866. The smallest absolute Gasteiger partial charge is 0.289 e. The van der Waals surface area contributed by atoms with Gasteiger partial charge in [0.1, 0.15) is 0 Å². The van der Waals surface area contributed by atoms with E-state index in [-0.39, 0.29) is 28.7 Å². The number of nitrogens with zero attached hydrogens (tertiary/aromatic N) is 1. The Morgan fingerprint density at radius 1 is 1.35 bits per heavy atom. The Balaban J connectivity index is 1.97. The molecule has 2 N–H and O–H groups in total. The molecule has 0 bridgehead atoms. The molecule has 92 valence electrons. The molecule has 1 fully saturated rings. The number of rotatable bonds is 2. The molecule has 1 aliphatic heterocycles. The van der Waals surface area contributed by atoms with Crippen molar-refractivity contribution >= 4 is 23.4 Å². The van der Waals surface area contributed by atoms with Crippen LogP contribution in [0.4, 0.5) is 0 Å². The van der Waals surface area contributed by atoms with Crippen molar-refractivity contribution in [3.63, 3.8) is 0 Å². The van der Waals surface area contributed by atoms with Crippen molar-refractivity contribution in [3.05, 3.63) is 23.1 Å². The van der Waals surface area contributed by atoms with Gasteiger partial charge in [-0.05, 0) is 36.6 Å². The van der Waals surface area contributed by atoms with Gasteiger partial charge in [0.15, 0.2) is 11.0 Å². The van der Waals surface area contributed by atoms with E-state index in [1.165, 1.54) is 6.07 Å². The van der Waals surface area contributed by atoms with E-state index in [9.17, 15) is 9.59 Å². The fourth-order valence-corrected chi connectivity index (χ4v) is 2.10. The van der Waals surface area contributed by atoms with Crippen LogP contribution in [0.3, 0.4) is 0 Å². The van der Waals surface area contributed by atoms with E-state index in [0.29, 0.717) is 25.9 Å². The molecular formula is C11H13ClN2O3. The Morgan fingerprint density at radius 2 is 2.00 bits per heavy atom. The Morgan fingerprint density at radius 3 is 2.47 bits per heavy atom. The van der Waals surface area contributed by atoms with E-state index in [0.717, 1.165) is 0 Å². The molecule has 0 aliphatic carbocycles. The van der Waals surface area contributed by atoms with E-state index in [2.05, 4.69) is 0 Å². The second-order valence-corrected chi connectivity index (χ2v) is 4.45. The maximum absolute atomic E-state index is 11.9. The summed E-state index contributed by atoms with van der Waals surface area (Å²) in [7, 11) is 0. The number of piperidine rings is 1. The molecule has 2 amide bonds. The van der Waals surface area contributed by atoms with Gasteiger partial charge in [0.2, 0.25) is 5.91 Å². The number of primary amides is 1. The highest BCUT2D eigenvalue weighted by molar-refractivity contribution is 6.29. The second kappa shape index (κ2) is 4.79. The minimum absolute atomic E-state index is 0.126. The van der Waals surface area contributed by atoms with Gasteiger partial charge in [0.05, 0.1) is 0 Å². The maximum atomic E-state index is 11.9. The normalized spacial score (nSPS) is 17.1. The van der Waals surface area contributed by atoms with Crippen LogP contribution < -0.4 is 5.73 Å². The highest BCUT2D eigenvalue weighted by Gasteiger charge is 2.27. The van der Waals surface area contributed by atoms with Crippen molar-refractivity contribution in [2.75, 3.05) is 13.1 Å². The Labute approximate surface area is 104 Å². The van der Waals surface area contributed by atoms with E-state index in [1.54, 1.807) is 11.0 Å². The van der Waals surface area contributed by atoms with Crippen molar-refractivity contribution in [1.29, 1.82) is 0 Å². The van der Waals surface area contributed by atoms with Crippen LogP contribution in [0.1, 0.15) is 23.4 Å². The first-order valence-corrected chi connectivity index (χ1v) is 5.79. The second-order valence-electron chi connectivity index (χ2n) is 4.07. The van der Waals surface area contributed by atoms with Crippen LogP contribution in [-0.4, -0.2) is 29.8 Å². The van der Waals surface area contributed by atoms with Crippen LogP contribution in [0, 0.1) is 5.92 Å². The summed E-state index contributed by atoms with van der Waals surface area (Å²) in [6, 6.07) is 3.08. The summed E-state index contributed by atoms with van der Waals surface area (Å²) in [6.07, 6.45) is 1.21. The highest BCUT2D eigenvalue weighted by Crippen LogP contribution is 2.20. The topological polar surface area (TPSA) is 76.5 Å². The van der Waals surface area contributed by atoms with Gasteiger partial charge in [-0.25, -0.2) is 0 Å². The number of carbonyl (C=O) groups excluding carboxylic acids is 2. The fourth-order valence-electron chi connectivity index (χ4n) is 1.95. The van der Waals surface area contributed by atoms with Crippen LogP contribution in [0.2, 0.25) is 5.22 Å². The molecule has 0 radical (unpaired) electrons. The minimum Gasteiger partial charge on any atom is -0.440 e. The van der Waals surface area contributed by atoms with Crippen LogP contribution in [0.5, 0.6) is 0 Å². The van der Waals surface area contributed by atoms with Crippen LogP contribution in [0.15, 0.2) is 16.5 Å². The molecule has 6 heteroatoms. The SMILES string of the molecule is NC(=O)C1CCN(C(=O)c2ccc(Cl)o2)CC1. The number of amides is 2. The average Bonchev–Trinajstić information content (AvgIpc) is 2.75. The monoisotopic (exact) mass is 256 g/mol. The van der Waals surface area contributed by atoms with Gasteiger partial charge in [-0.1, -0.05) is 0 Å². The highest BCUT2D eigenvalue weighted by atomic mass is 35.5. The van der Waals surface area contributed by atoms with Crippen molar-refractivity contribution in [3.8, 4) is 0 Å². The molecule has 1 aromatic heterocycles. The van der Waals surface area contributed by atoms with Gasteiger partial charge in [-0.15, -0.1) is 0 Å². The van der Waals surface area contributed by atoms with Gasteiger partial charge >= 0.3 is 0 Å². The van der Waals surface area contributed by atoms with Crippen molar-refractivity contribution < 1.29 is 14.0 Å². The van der Waals surface area contributed by atoms with Crippen LogP contribution in [0.25, 0.3) is 0 Å². The van der Waals surface area contributed by atoms with Gasteiger partial charge in [-0.2, -0.15) is 0 Å². The molecule has 0 spiro atoms. The molecule has 0 unspecified atom stereocenters. The largest absolute Gasteiger partial charge is 0.440 e. The summed E-state index contributed by atoms with van der Waals surface area (Å²) in [6.45, 7) is 1.04. The zero-order valence-corrected chi connectivity index (χ0v) is 9.94. The standard InChI is InChI=1S/C11H13ClN2O3/c12-9-2-1-8(17-9)11(16)14-5-3-7(4-6-14)10(13)15/h1-2,7H,3-6H2,(H2,13,15). The third-order valence-electron chi connectivity index (χ3n) is 2.97. The van der Waals surface area contributed by atoms with E-state index in [1.807, 2.05) is 0 Å². The maximum Gasteiger partial charge on any atom is 0.289 e. The summed E-state index contributed by atoms with van der Waals surface area (Å²) in [5.41, 5.74) is 5.22. The number of furan rings is 1. The van der Waals surface area contributed by atoms with E-state index < -0.39 is 0 Å². The molecule has 2 heterocycles. The summed E-state index contributed by atoms with van der Waals surface area (Å²) in [5, 5.41) is 0.195. The molecule has 2 rings (SSSR count). The van der Waals surface area contributed by atoms with Crippen molar-refractivity contribution in [2.24, 2.45) is 11.7 Å². The van der Waals surface area contributed by atoms with Crippen molar-refractivity contribution in [2.45, 2.75) is 12.8 Å². The molecule has 1 saturated heterocycles. The van der Waals surface area contributed by atoms with Crippen LogP contribution in [-0.2, 0) is 4.79 Å². The van der Waals surface area contributed by atoms with Gasteiger partial charge in [0, 0.05) is 19.0 Å². The zero-order chi connectivity index (χ0) is 12.4. The first-order valence-electron chi connectivity index (χ1n) is 5.42. The number of hydrogen-bond donors (Lipinski definition) is 1. The van der Waals surface area contributed by atoms with Gasteiger partial charge in [0.25, 0.3) is 5.91 Å². The average molecular weight is 257 g/mol. The van der Waals surface area contributed by atoms with Gasteiger partial charge in [-0.3, -0.25) is 9.59 Å². The zero-order valence-electron chi connectivity index (χ0n) is 9.19. The number of carbonyl (C=O) groups is 2. The summed E-state index contributed by atoms with van der Waals surface area (Å²) >= 11 is 5.61. The van der Waals surface area contributed by atoms with Crippen molar-refractivity contribution in [1.82, 2.24) is 4.90 Å². The lowest BCUT2D eigenvalue weighted by Crippen LogP contribution is -2.41. The Hall–Kier alpha value is -1.49. The first-order chi connectivity index (χ1) is 8.08. The Bertz CT molecular complexity index is 436. The fraction of sp³-hybridized carbons (Fsp3) is 0.455. The lowest BCUT2D eigenvalue weighted by atomic mass is 9.96. The molecule has 5 nitrogen and oxygen atoms in total. The molecule has 0 aromatic carbocycles. The Kier molecular flexibility index (Phi) is 3.38. The lowest BCUT2D eigenvalue weighted by molar-refractivity contribution is -0.123. The number of hydrogen-bond acceptors (Lipinski definition) is 3. The van der Waals surface area contributed by atoms with E-state index >= 15 is 0 Å². The van der Waals surface area contributed by atoms with Crippen LogP contribution >= 0.6 is 11.6 Å². The molecular weight excluding hydrogens is 244 g/mol. The first kappa shape index (κ1) is 12.0. The minimum atomic E-state index is -0.293. The van der Waals surface area contributed by atoms with E-state index in [4.69, 9.17) is 21.8 Å². The molecule has 17 heavy (non-hydrogen) atoms. The summed E-state index contributed by atoms with van der Waals surface area (Å²) in [5.74, 6) is -0.385. The number of nitrogens with two attached hydrogens (primary N) is 1. The number of likely N-dealkylation sites (tertiary alicyclic amines) is 1. The lowest BCUT2D eigenvalue weighted by Gasteiger charge is -2.29. The molecule has 1 aliphatic rings. The molecule has 1 aromatic rings.